The molecule has 0 heterocycles. The van der Waals surface area contributed by atoms with E-state index in [1.54, 1.807) is 0 Å². The van der Waals surface area contributed by atoms with Crippen LogP contribution in [0.5, 0.6) is 5.75 Å². The van der Waals surface area contributed by atoms with E-state index >= 15 is 0 Å². The van der Waals surface area contributed by atoms with Gasteiger partial charge in [-0.3, -0.25) is 4.79 Å². The van der Waals surface area contributed by atoms with Crippen LogP contribution in [0.3, 0.4) is 0 Å². The number of nitrogens with one attached hydrogen (secondary N) is 1. The van der Waals surface area contributed by atoms with Crippen molar-refractivity contribution in [2.24, 2.45) is 0 Å². The van der Waals surface area contributed by atoms with E-state index in [1.165, 1.54) is 19.2 Å². The Morgan fingerprint density at radius 2 is 2.33 bits per heavy atom. The van der Waals surface area contributed by atoms with Gasteiger partial charge in [0.15, 0.2) is 11.6 Å². The lowest BCUT2D eigenvalue weighted by Gasteiger charge is -2.12. The van der Waals surface area contributed by atoms with Gasteiger partial charge in [-0.05, 0) is 24.6 Å². The first-order valence-corrected chi connectivity index (χ1v) is 5.72. The molecule has 0 aliphatic carbocycles. The van der Waals surface area contributed by atoms with Crippen LogP contribution in [0.2, 0.25) is 0 Å². The lowest BCUT2D eigenvalue weighted by molar-refractivity contribution is 0.0943. The summed E-state index contributed by atoms with van der Waals surface area (Å²) in [5.41, 5.74) is 0.227. The fourth-order valence-corrected chi connectivity index (χ4v) is 1.54. The number of benzene rings is 1. The summed E-state index contributed by atoms with van der Waals surface area (Å²) in [5.74, 6) is 1.64. The largest absolute Gasteiger partial charge is 0.494 e. The van der Waals surface area contributed by atoms with Crippen LogP contribution < -0.4 is 10.1 Å². The van der Waals surface area contributed by atoms with Crippen LogP contribution in [0.1, 0.15) is 30.1 Å². The molecule has 1 N–H and O–H groups in total. The Labute approximate surface area is 106 Å². The highest BCUT2D eigenvalue weighted by Gasteiger charge is 2.13. The quantitative estimate of drug-likeness (QED) is 0.813. The zero-order chi connectivity index (χ0) is 13.5. The topological polar surface area (TPSA) is 38.3 Å². The standard InChI is InChI=1S/C14H16FNO2/c1-4-6-11(5-2)16-14(17)10-7-8-13(18-3)12(15)9-10/h2,7-9,11H,4,6H2,1,3H3,(H,16,17). The van der Waals surface area contributed by atoms with Crippen molar-refractivity contribution >= 4 is 5.91 Å². The first kappa shape index (κ1) is 14.0. The van der Waals surface area contributed by atoms with E-state index in [0.717, 1.165) is 12.5 Å². The van der Waals surface area contributed by atoms with Crippen molar-refractivity contribution in [3.63, 3.8) is 0 Å². The number of rotatable bonds is 5. The monoisotopic (exact) mass is 249 g/mol. The summed E-state index contributed by atoms with van der Waals surface area (Å²) < 4.78 is 18.2. The molecule has 0 aliphatic rings. The van der Waals surface area contributed by atoms with Crippen LogP contribution >= 0.6 is 0 Å². The van der Waals surface area contributed by atoms with Crippen LogP contribution in [-0.4, -0.2) is 19.1 Å². The van der Waals surface area contributed by atoms with Crippen molar-refractivity contribution in [2.45, 2.75) is 25.8 Å². The average molecular weight is 249 g/mol. The minimum Gasteiger partial charge on any atom is -0.494 e. The Bertz CT molecular complexity index is 465. The van der Waals surface area contributed by atoms with E-state index in [4.69, 9.17) is 11.2 Å². The predicted octanol–water partition coefficient (Wildman–Crippen LogP) is 2.37. The second-order valence-electron chi connectivity index (χ2n) is 3.83. The summed E-state index contributed by atoms with van der Waals surface area (Å²) in [4.78, 5) is 11.8. The maximum absolute atomic E-state index is 13.4. The molecule has 1 aromatic carbocycles. The fraction of sp³-hybridized carbons (Fsp3) is 0.357. The Morgan fingerprint density at radius 1 is 1.61 bits per heavy atom. The van der Waals surface area contributed by atoms with Crippen LogP contribution in [0.4, 0.5) is 4.39 Å². The zero-order valence-corrected chi connectivity index (χ0v) is 10.5. The Kier molecular flexibility index (Phi) is 5.19. The highest BCUT2D eigenvalue weighted by molar-refractivity contribution is 5.94. The van der Waals surface area contributed by atoms with Gasteiger partial charge in [-0.2, -0.15) is 0 Å². The summed E-state index contributed by atoms with van der Waals surface area (Å²) in [6.07, 6.45) is 6.86. The molecule has 96 valence electrons. The smallest absolute Gasteiger partial charge is 0.252 e. The first-order valence-electron chi connectivity index (χ1n) is 5.72. The molecule has 3 nitrogen and oxygen atoms in total. The lowest BCUT2D eigenvalue weighted by atomic mass is 10.1. The third-order valence-corrected chi connectivity index (χ3v) is 2.50. The van der Waals surface area contributed by atoms with Gasteiger partial charge in [0.05, 0.1) is 13.2 Å². The predicted molar refractivity (Wildman–Crippen MR) is 67.9 cm³/mol. The fourth-order valence-electron chi connectivity index (χ4n) is 1.54. The second kappa shape index (κ2) is 6.65. The van der Waals surface area contributed by atoms with Gasteiger partial charge in [-0.25, -0.2) is 4.39 Å². The molecule has 1 unspecified atom stereocenters. The van der Waals surface area contributed by atoms with E-state index in [-0.39, 0.29) is 23.3 Å². The minimum atomic E-state index is -0.571. The third kappa shape index (κ3) is 3.49. The molecule has 18 heavy (non-hydrogen) atoms. The number of ether oxygens (including phenoxy) is 1. The summed E-state index contributed by atoms with van der Waals surface area (Å²) in [5, 5.41) is 2.67. The Balaban J connectivity index is 2.79. The molecule has 1 aromatic rings. The van der Waals surface area contributed by atoms with Gasteiger partial charge >= 0.3 is 0 Å². The number of hydrogen-bond acceptors (Lipinski definition) is 2. The maximum Gasteiger partial charge on any atom is 0.252 e. The molecule has 0 fully saturated rings. The summed E-state index contributed by atoms with van der Waals surface area (Å²) in [6.45, 7) is 1.98. The van der Waals surface area contributed by atoms with Gasteiger partial charge in [0.2, 0.25) is 0 Å². The highest BCUT2D eigenvalue weighted by atomic mass is 19.1. The van der Waals surface area contributed by atoms with Gasteiger partial charge in [0.1, 0.15) is 0 Å². The van der Waals surface area contributed by atoms with E-state index in [2.05, 4.69) is 11.2 Å². The van der Waals surface area contributed by atoms with E-state index < -0.39 is 5.82 Å². The van der Waals surface area contributed by atoms with Crippen molar-refractivity contribution in [1.82, 2.24) is 5.32 Å². The van der Waals surface area contributed by atoms with Crippen molar-refractivity contribution in [1.29, 1.82) is 0 Å². The molecule has 0 radical (unpaired) electrons. The van der Waals surface area contributed by atoms with Crippen LogP contribution in [0.25, 0.3) is 0 Å². The zero-order valence-electron chi connectivity index (χ0n) is 10.5. The van der Waals surface area contributed by atoms with Gasteiger partial charge in [-0.15, -0.1) is 6.42 Å². The molecular formula is C14H16FNO2. The van der Waals surface area contributed by atoms with Gasteiger partial charge in [0.25, 0.3) is 5.91 Å². The molecule has 0 bridgehead atoms. The van der Waals surface area contributed by atoms with Crippen molar-refractivity contribution < 1.29 is 13.9 Å². The summed E-state index contributed by atoms with van der Waals surface area (Å²) in [6, 6.07) is 3.71. The second-order valence-corrected chi connectivity index (χ2v) is 3.83. The number of methoxy groups -OCH3 is 1. The number of carbonyl (C=O) groups excluding carboxylic acids is 1. The molecule has 4 heteroatoms. The average Bonchev–Trinajstić information content (AvgIpc) is 2.37. The molecule has 1 atom stereocenters. The summed E-state index contributed by atoms with van der Waals surface area (Å²) in [7, 11) is 1.37. The normalized spacial score (nSPS) is 11.4. The molecule has 0 aromatic heterocycles. The van der Waals surface area contributed by atoms with E-state index in [9.17, 15) is 9.18 Å². The molecule has 0 saturated carbocycles. The van der Waals surface area contributed by atoms with Gasteiger partial charge in [0, 0.05) is 5.56 Å². The molecule has 0 aliphatic heterocycles. The molecule has 0 spiro atoms. The van der Waals surface area contributed by atoms with Crippen LogP contribution in [-0.2, 0) is 0 Å². The van der Waals surface area contributed by atoms with E-state index in [1.807, 2.05) is 6.92 Å². The maximum atomic E-state index is 13.4. The molecule has 0 saturated heterocycles. The molecule has 1 amide bonds. The number of carbonyl (C=O) groups is 1. The van der Waals surface area contributed by atoms with Crippen molar-refractivity contribution in [3.8, 4) is 18.1 Å². The SMILES string of the molecule is C#CC(CCC)NC(=O)c1ccc(OC)c(F)c1. The van der Waals surface area contributed by atoms with Gasteiger partial charge < -0.3 is 10.1 Å². The number of terminal acetylenes is 1. The van der Waals surface area contributed by atoms with Gasteiger partial charge in [-0.1, -0.05) is 19.3 Å². The number of halogens is 1. The Hall–Kier alpha value is -2.02. The van der Waals surface area contributed by atoms with Crippen LogP contribution in [0.15, 0.2) is 18.2 Å². The number of hydrogen-bond donors (Lipinski definition) is 1. The van der Waals surface area contributed by atoms with E-state index in [0.29, 0.717) is 6.42 Å². The van der Waals surface area contributed by atoms with Crippen LogP contribution in [0, 0.1) is 18.2 Å². The Morgan fingerprint density at radius 3 is 2.83 bits per heavy atom. The lowest BCUT2D eigenvalue weighted by Crippen LogP contribution is -2.33. The van der Waals surface area contributed by atoms with Crippen molar-refractivity contribution in [2.75, 3.05) is 7.11 Å². The molecule has 1 rings (SSSR count). The van der Waals surface area contributed by atoms with Crippen molar-refractivity contribution in [3.05, 3.63) is 29.6 Å². The highest BCUT2D eigenvalue weighted by Crippen LogP contribution is 2.17. The third-order valence-electron chi connectivity index (χ3n) is 2.50. The first-order chi connectivity index (χ1) is 8.62. The molecular weight excluding hydrogens is 233 g/mol. The minimum absolute atomic E-state index is 0.105. The number of amides is 1. The summed E-state index contributed by atoms with van der Waals surface area (Å²) >= 11 is 0.